The van der Waals surface area contributed by atoms with Crippen LogP contribution < -0.4 is 5.32 Å². The molecule has 0 bridgehead atoms. The summed E-state index contributed by atoms with van der Waals surface area (Å²) in [5, 5.41) is 3.51. The Balaban J connectivity index is 1.53. The van der Waals surface area contributed by atoms with Crippen molar-refractivity contribution in [1.82, 2.24) is 15.2 Å². The van der Waals surface area contributed by atoms with Gasteiger partial charge in [0.05, 0.1) is 6.20 Å². The molecule has 0 saturated carbocycles. The first-order valence-corrected chi connectivity index (χ1v) is 10.7. The van der Waals surface area contributed by atoms with E-state index in [0.717, 1.165) is 25.8 Å². The van der Waals surface area contributed by atoms with Gasteiger partial charge in [-0.05, 0) is 31.4 Å². The Morgan fingerprint density at radius 2 is 2.00 bits per heavy atom. The summed E-state index contributed by atoms with van der Waals surface area (Å²) in [6.07, 6.45) is 6.12. The molecule has 0 spiro atoms. The van der Waals surface area contributed by atoms with Gasteiger partial charge in [0, 0.05) is 31.1 Å². The standard InChI is InChI=1S/C21H26FN3O2S/c1-2-3-6-11-23-19(26)15-9-12-25(13-10-15)21(27)18-14-24-20(28-18)16-7-4-5-8-17(16)22/h4-5,7-8,14-15H,2-3,6,9-13H2,1H3,(H,23,26). The van der Waals surface area contributed by atoms with Crippen molar-refractivity contribution in [3.05, 3.63) is 41.2 Å². The molecule has 2 heterocycles. The quantitative estimate of drug-likeness (QED) is 0.708. The van der Waals surface area contributed by atoms with Gasteiger partial charge in [-0.2, -0.15) is 0 Å². The van der Waals surface area contributed by atoms with Crippen LogP contribution in [0.4, 0.5) is 4.39 Å². The van der Waals surface area contributed by atoms with Crippen LogP contribution >= 0.6 is 11.3 Å². The van der Waals surface area contributed by atoms with Crippen molar-refractivity contribution in [2.75, 3.05) is 19.6 Å². The molecule has 1 fully saturated rings. The predicted molar refractivity (Wildman–Crippen MR) is 109 cm³/mol. The fraction of sp³-hybridized carbons (Fsp3) is 0.476. The minimum Gasteiger partial charge on any atom is -0.356 e. The SMILES string of the molecule is CCCCCNC(=O)C1CCN(C(=O)c2cnc(-c3ccccc3F)s2)CC1. The number of likely N-dealkylation sites (tertiary alicyclic amines) is 1. The number of benzene rings is 1. The molecule has 28 heavy (non-hydrogen) atoms. The fourth-order valence-electron chi connectivity index (χ4n) is 3.36. The molecule has 1 saturated heterocycles. The van der Waals surface area contributed by atoms with Crippen LogP contribution in [0.3, 0.4) is 0 Å². The van der Waals surface area contributed by atoms with E-state index in [4.69, 9.17) is 0 Å². The van der Waals surface area contributed by atoms with E-state index < -0.39 is 0 Å². The molecule has 1 aliphatic rings. The van der Waals surface area contributed by atoms with Crippen molar-refractivity contribution in [3.63, 3.8) is 0 Å². The largest absolute Gasteiger partial charge is 0.356 e. The number of nitrogens with one attached hydrogen (secondary N) is 1. The number of carbonyl (C=O) groups excluding carboxylic acids is 2. The summed E-state index contributed by atoms with van der Waals surface area (Å²) in [6, 6.07) is 6.42. The molecule has 3 rings (SSSR count). The van der Waals surface area contributed by atoms with Crippen LogP contribution in [-0.2, 0) is 4.79 Å². The van der Waals surface area contributed by atoms with Crippen molar-refractivity contribution < 1.29 is 14.0 Å². The number of thiazole rings is 1. The van der Waals surface area contributed by atoms with Crippen LogP contribution in [0.1, 0.15) is 48.7 Å². The Bertz CT molecular complexity index is 815. The molecule has 0 unspecified atom stereocenters. The highest BCUT2D eigenvalue weighted by atomic mass is 32.1. The molecular formula is C21H26FN3O2S. The summed E-state index contributed by atoms with van der Waals surface area (Å²) >= 11 is 1.20. The van der Waals surface area contributed by atoms with E-state index in [1.54, 1.807) is 23.1 Å². The number of hydrogen-bond donors (Lipinski definition) is 1. The van der Waals surface area contributed by atoms with Crippen molar-refractivity contribution in [3.8, 4) is 10.6 Å². The maximum absolute atomic E-state index is 13.9. The van der Waals surface area contributed by atoms with Crippen LogP contribution in [0.15, 0.2) is 30.5 Å². The van der Waals surface area contributed by atoms with Crippen molar-refractivity contribution in [1.29, 1.82) is 0 Å². The second kappa shape index (κ2) is 9.78. The zero-order valence-electron chi connectivity index (χ0n) is 16.1. The zero-order chi connectivity index (χ0) is 19.9. The molecule has 2 aromatic rings. The first-order chi connectivity index (χ1) is 13.6. The van der Waals surface area contributed by atoms with Gasteiger partial charge in [-0.25, -0.2) is 9.37 Å². The molecular weight excluding hydrogens is 377 g/mol. The summed E-state index contributed by atoms with van der Waals surface area (Å²) in [6.45, 7) is 3.97. The van der Waals surface area contributed by atoms with Gasteiger partial charge in [0.1, 0.15) is 15.7 Å². The topological polar surface area (TPSA) is 62.3 Å². The molecule has 5 nitrogen and oxygen atoms in total. The van der Waals surface area contributed by atoms with Crippen LogP contribution in [0.2, 0.25) is 0 Å². The Labute approximate surface area is 169 Å². The minimum atomic E-state index is -0.346. The van der Waals surface area contributed by atoms with Gasteiger partial charge in [0.2, 0.25) is 5.91 Å². The molecule has 1 N–H and O–H groups in total. The predicted octanol–water partition coefficient (Wildman–Crippen LogP) is 4.11. The fourth-order valence-corrected chi connectivity index (χ4v) is 4.27. The van der Waals surface area contributed by atoms with Crippen LogP contribution in [0.5, 0.6) is 0 Å². The molecule has 150 valence electrons. The Kier molecular flexibility index (Phi) is 7.14. The Hall–Kier alpha value is -2.28. The second-order valence-corrected chi connectivity index (χ2v) is 8.10. The highest BCUT2D eigenvalue weighted by Crippen LogP contribution is 2.29. The van der Waals surface area contributed by atoms with Crippen molar-refractivity contribution >= 4 is 23.2 Å². The maximum atomic E-state index is 13.9. The van der Waals surface area contributed by atoms with Crippen molar-refractivity contribution in [2.45, 2.75) is 39.0 Å². The summed E-state index contributed by atoms with van der Waals surface area (Å²) in [7, 11) is 0. The molecule has 0 radical (unpaired) electrons. The number of unbranched alkanes of at least 4 members (excludes halogenated alkanes) is 2. The molecule has 1 aliphatic heterocycles. The number of hydrogen-bond acceptors (Lipinski definition) is 4. The Morgan fingerprint density at radius 1 is 1.25 bits per heavy atom. The normalized spacial score (nSPS) is 14.9. The van der Waals surface area contributed by atoms with Gasteiger partial charge in [-0.1, -0.05) is 31.9 Å². The van der Waals surface area contributed by atoms with Crippen LogP contribution in [0.25, 0.3) is 10.6 Å². The summed E-state index contributed by atoms with van der Waals surface area (Å²) in [5.41, 5.74) is 0.407. The van der Waals surface area contributed by atoms with E-state index in [9.17, 15) is 14.0 Å². The number of amides is 2. The van der Waals surface area contributed by atoms with E-state index in [1.165, 1.54) is 23.6 Å². The third kappa shape index (κ3) is 4.95. The van der Waals surface area contributed by atoms with Gasteiger partial charge in [0.15, 0.2) is 0 Å². The molecule has 0 aliphatic carbocycles. The summed E-state index contributed by atoms with van der Waals surface area (Å²) in [5.74, 6) is -0.368. The number of aromatic nitrogens is 1. The third-order valence-corrected chi connectivity index (χ3v) is 6.07. The number of nitrogens with zero attached hydrogens (tertiary/aromatic N) is 2. The molecule has 0 atom stereocenters. The van der Waals surface area contributed by atoms with Crippen LogP contribution in [0, 0.1) is 11.7 Å². The highest BCUT2D eigenvalue weighted by molar-refractivity contribution is 7.16. The van der Waals surface area contributed by atoms with Gasteiger partial charge >= 0.3 is 0 Å². The number of piperidine rings is 1. The molecule has 7 heteroatoms. The van der Waals surface area contributed by atoms with Gasteiger partial charge in [-0.15, -0.1) is 11.3 Å². The minimum absolute atomic E-state index is 0.0267. The highest BCUT2D eigenvalue weighted by Gasteiger charge is 2.28. The lowest BCUT2D eigenvalue weighted by Gasteiger charge is -2.31. The second-order valence-electron chi connectivity index (χ2n) is 7.07. The summed E-state index contributed by atoms with van der Waals surface area (Å²) < 4.78 is 13.9. The van der Waals surface area contributed by atoms with E-state index in [2.05, 4.69) is 17.2 Å². The zero-order valence-corrected chi connectivity index (χ0v) is 16.9. The molecule has 2 amide bonds. The van der Waals surface area contributed by atoms with Gasteiger partial charge in [-0.3, -0.25) is 9.59 Å². The summed E-state index contributed by atoms with van der Waals surface area (Å²) in [4.78, 5) is 31.5. The van der Waals surface area contributed by atoms with Gasteiger partial charge < -0.3 is 10.2 Å². The van der Waals surface area contributed by atoms with E-state index in [0.29, 0.717) is 41.4 Å². The molecule has 1 aromatic carbocycles. The first kappa shape index (κ1) is 20.5. The number of carbonyl (C=O) groups is 2. The van der Waals surface area contributed by atoms with Crippen molar-refractivity contribution in [2.24, 2.45) is 5.92 Å². The lowest BCUT2D eigenvalue weighted by molar-refractivity contribution is -0.126. The van der Waals surface area contributed by atoms with Crippen LogP contribution in [-0.4, -0.2) is 41.3 Å². The average molecular weight is 404 g/mol. The van der Waals surface area contributed by atoms with E-state index in [-0.39, 0.29) is 23.5 Å². The Morgan fingerprint density at radius 3 is 2.71 bits per heavy atom. The number of halogens is 1. The van der Waals surface area contributed by atoms with E-state index >= 15 is 0 Å². The van der Waals surface area contributed by atoms with Gasteiger partial charge in [0.25, 0.3) is 5.91 Å². The third-order valence-electron chi connectivity index (χ3n) is 5.05. The smallest absolute Gasteiger partial charge is 0.265 e. The lowest BCUT2D eigenvalue weighted by Crippen LogP contribution is -2.43. The van der Waals surface area contributed by atoms with E-state index in [1.807, 2.05) is 0 Å². The molecule has 1 aromatic heterocycles. The average Bonchev–Trinajstić information content (AvgIpc) is 3.21. The maximum Gasteiger partial charge on any atom is 0.265 e. The number of rotatable bonds is 7. The first-order valence-electron chi connectivity index (χ1n) is 9.88. The lowest BCUT2D eigenvalue weighted by atomic mass is 9.95. The monoisotopic (exact) mass is 403 g/mol.